The van der Waals surface area contributed by atoms with Crippen molar-refractivity contribution in [3.05, 3.63) is 64.7 Å². The molecule has 1 N–H and O–H groups in total. The number of rotatable bonds is 4. The summed E-state index contributed by atoms with van der Waals surface area (Å²) in [6, 6.07) is 15.4. The molecule has 0 bridgehead atoms. The second kappa shape index (κ2) is 7.88. The van der Waals surface area contributed by atoms with Crippen LogP contribution in [0.25, 0.3) is 0 Å². The minimum Gasteiger partial charge on any atom is -0.345 e. The summed E-state index contributed by atoms with van der Waals surface area (Å²) in [5.41, 5.74) is 2.61. The zero-order chi connectivity index (χ0) is 16.4. The van der Waals surface area contributed by atoms with E-state index in [1.807, 2.05) is 50.5 Å². The molecule has 0 saturated carbocycles. The molecule has 6 heteroatoms. The van der Waals surface area contributed by atoms with Gasteiger partial charge in [-0.25, -0.2) is 0 Å². The third-order valence-electron chi connectivity index (χ3n) is 4.00. The number of halogens is 2. The number of nitrogens with one attached hydrogen (secondary N) is 1. The Balaban J connectivity index is 0.00000208. The Bertz CT molecular complexity index is 707. The Morgan fingerprint density at radius 1 is 1.17 bits per heavy atom. The van der Waals surface area contributed by atoms with Crippen molar-refractivity contribution in [1.82, 2.24) is 10.2 Å². The summed E-state index contributed by atoms with van der Waals surface area (Å²) in [5.74, 6) is -0.0633. The van der Waals surface area contributed by atoms with Crippen molar-refractivity contribution >= 4 is 35.6 Å². The number of carbonyl (C=O) groups is 1. The van der Waals surface area contributed by atoms with Crippen LogP contribution in [-0.4, -0.2) is 38.0 Å². The van der Waals surface area contributed by atoms with Crippen LogP contribution in [-0.2, 0) is 0 Å². The van der Waals surface area contributed by atoms with Crippen LogP contribution >= 0.6 is 24.0 Å². The van der Waals surface area contributed by atoms with Crippen molar-refractivity contribution in [3.63, 3.8) is 0 Å². The molecule has 1 amide bonds. The molecule has 1 heterocycles. The predicted molar refractivity (Wildman–Crippen MR) is 101 cm³/mol. The van der Waals surface area contributed by atoms with E-state index in [2.05, 4.69) is 15.1 Å². The standard InChI is InChI=1S/C18H20ClN3O.ClH/c1-21(2)10-11-22-16-12-14(19)8-9-15(16)18(23)20-17(22)13-6-4-3-5-7-13;/h3-9,12,17H,10-11H2,1-2H3,(H,20,23);1H. The number of hydrogen-bond acceptors (Lipinski definition) is 3. The fourth-order valence-electron chi connectivity index (χ4n) is 2.81. The van der Waals surface area contributed by atoms with Crippen LogP contribution in [0.2, 0.25) is 5.02 Å². The van der Waals surface area contributed by atoms with Crippen LogP contribution < -0.4 is 10.2 Å². The lowest BCUT2D eigenvalue weighted by molar-refractivity contribution is 0.0926. The highest BCUT2D eigenvalue weighted by molar-refractivity contribution is 6.31. The topological polar surface area (TPSA) is 35.6 Å². The molecule has 0 aromatic heterocycles. The zero-order valence-corrected chi connectivity index (χ0v) is 15.3. The van der Waals surface area contributed by atoms with Crippen LogP contribution in [0.5, 0.6) is 0 Å². The molecule has 128 valence electrons. The summed E-state index contributed by atoms with van der Waals surface area (Å²) in [5, 5.41) is 3.75. The van der Waals surface area contributed by atoms with Gasteiger partial charge >= 0.3 is 0 Å². The van der Waals surface area contributed by atoms with Crippen molar-refractivity contribution < 1.29 is 4.79 Å². The van der Waals surface area contributed by atoms with Crippen molar-refractivity contribution in [2.75, 3.05) is 32.1 Å². The maximum absolute atomic E-state index is 12.5. The van der Waals surface area contributed by atoms with E-state index in [9.17, 15) is 4.79 Å². The number of hydrogen-bond donors (Lipinski definition) is 1. The number of likely N-dealkylation sites (N-methyl/N-ethyl adjacent to an activating group) is 1. The largest absolute Gasteiger partial charge is 0.345 e. The molecule has 1 aliphatic heterocycles. The van der Waals surface area contributed by atoms with Crippen molar-refractivity contribution in [3.8, 4) is 0 Å². The fourth-order valence-corrected chi connectivity index (χ4v) is 2.98. The number of benzene rings is 2. The van der Waals surface area contributed by atoms with E-state index in [-0.39, 0.29) is 24.5 Å². The summed E-state index contributed by atoms with van der Waals surface area (Å²) in [4.78, 5) is 16.8. The lowest BCUT2D eigenvalue weighted by Crippen LogP contribution is -2.48. The summed E-state index contributed by atoms with van der Waals surface area (Å²) < 4.78 is 0. The van der Waals surface area contributed by atoms with Gasteiger partial charge in [-0.3, -0.25) is 4.79 Å². The molecule has 0 radical (unpaired) electrons. The molecule has 2 aromatic carbocycles. The molecule has 0 fully saturated rings. The highest BCUT2D eigenvalue weighted by Crippen LogP contribution is 2.34. The molecule has 1 atom stereocenters. The number of anilines is 1. The monoisotopic (exact) mass is 365 g/mol. The Kier molecular flexibility index (Phi) is 6.10. The van der Waals surface area contributed by atoms with E-state index in [0.29, 0.717) is 10.6 Å². The smallest absolute Gasteiger partial charge is 0.255 e. The molecule has 3 rings (SSSR count). The summed E-state index contributed by atoms with van der Waals surface area (Å²) in [6.45, 7) is 1.67. The average Bonchev–Trinajstić information content (AvgIpc) is 2.54. The van der Waals surface area contributed by atoms with Crippen LogP contribution in [0, 0.1) is 0 Å². The Hall–Kier alpha value is -1.75. The second-order valence-electron chi connectivity index (χ2n) is 5.94. The van der Waals surface area contributed by atoms with Crippen LogP contribution in [0.4, 0.5) is 5.69 Å². The molecule has 24 heavy (non-hydrogen) atoms. The number of fused-ring (bicyclic) bond motifs is 1. The summed E-state index contributed by atoms with van der Waals surface area (Å²) in [7, 11) is 4.08. The highest BCUT2D eigenvalue weighted by Gasteiger charge is 2.31. The summed E-state index contributed by atoms with van der Waals surface area (Å²) >= 11 is 6.18. The van der Waals surface area contributed by atoms with Gasteiger partial charge < -0.3 is 15.1 Å². The molecule has 1 unspecified atom stereocenters. The van der Waals surface area contributed by atoms with Gasteiger partial charge in [-0.05, 0) is 37.9 Å². The van der Waals surface area contributed by atoms with E-state index >= 15 is 0 Å². The Morgan fingerprint density at radius 3 is 2.54 bits per heavy atom. The normalized spacial score (nSPS) is 16.4. The third-order valence-corrected chi connectivity index (χ3v) is 4.23. The summed E-state index contributed by atoms with van der Waals surface area (Å²) in [6.07, 6.45) is -0.186. The molecule has 1 aliphatic rings. The fraction of sp³-hybridized carbons (Fsp3) is 0.278. The first kappa shape index (κ1) is 18.6. The van der Waals surface area contributed by atoms with Gasteiger partial charge in [0.1, 0.15) is 6.17 Å². The Labute approximate surface area is 153 Å². The average molecular weight is 366 g/mol. The molecule has 4 nitrogen and oxygen atoms in total. The van der Waals surface area contributed by atoms with E-state index in [1.165, 1.54) is 0 Å². The molecular weight excluding hydrogens is 345 g/mol. The first-order valence-electron chi connectivity index (χ1n) is 7.63. The molecular formula is C18H21Cl2N3O. The van der Waals surface area contributed by atoms with Crippen molar-refractivity contribution in [2.24, 2.45) is 0 Å². The van der Waals surface area contributed by atoms with Crippen molar-refractivity contribution in [2.45, 2.75) is 6.17 Å². The minimum atomic E-state index is -0.186. The SMILES string of the molecule is CN(C)CCN1c2cc(Cl)ccc2C(=O)NC1c1ccccc1.Cl. The highest BCUT2D eigenvalue weighted by atomic mass is 35.5. The lowest BCUT2D eigenvalue weighted by atomic mass is 10.0. The van der Waals surface area contributed by atoms with Gasteiger partial charge in [0, 0.05) is 18.1 Å². The second-order valence-corrected chi connectivity index (χ2v) is 6.38. The number of nitrogens with zero attached hydrogens (tertiary/aromatic N) is 2. The maximum Gasteiger partial charge on any atom is 0.255 e. The van der Waals surface area contributed by atoms with E-state index < -0.39 is 0 Å². The van der Waals surface area contributed by atoms with Gasteiger partial charge in [-0.1, -0.05) is 41.9 Å². The van der Waals surface area contributed by atoms with Crippen molar-refractivity contribution in [1.29, 1.82) is 0 Å². The predicted octanol–water partition coefficient (Wildman–Crippen LogP) is 3.57. The maximum atomic E-state index is 12.5. The van der Waals surface area contributed by atoms with Crippen LogP contribution in [0.1, 0.15) is 22.1 Å². The van der Waals surface area contributed by atoms with Crippen LogP contribution in [0.3, 0.4) is 0 Å². The van der Waals surface area contributed by atoms with E-state index in [4.69, 9.17) is 11.6 Å². The lowest BCUT2D eigenvalue weighted by Gasteiger charge is -2.40. The van der Waals surface area contributed by atoms with E-state index in [0.717, 1.165) is 24.3 Å². The first-order chi connectivity index (χ1) is 11.1. The van der Waals surface area contributed by atoms with Gasteiger partial charge in [0.2, 0.25) is 0 Å². The molecule has 0 saturated heterocycles. The molecule has 2 aromatic rings. The zero-order valence-electron chi connectivity index (χ0n) is 13.7. The van der Waals surface area contributed by atoms with Gasteiger partial charge in [-0.15, -0.1) is 12.4 Å². The number of amides is 1. The first-order valence-corrected chi connectivity index (χ1v) is 8.01. The van der Waals surface area contributed by atoms with Gasteiger partial charge in [0.25, 0.3) is 5.91 Å². The molecule has 0 aliphatic carbocycles. The Morgan fingerprint density at radius 2 is 1.88 bits per heavy atom. The third kappa shape index (κ3) is 3.83. The number of carbonyl (C=O) groups excluding carboxylic acids is 1. The molecule has 0 spiro atoms. The minimum absolute atomic E-state index is 0. The van der Waals surface area contributed by atoms with E-state index in [1.54, 1.807) is 12.1 Å². The van der Waals surface area contributed by atoms with Gasteiger partial charge in [-0.2, -0.15) is 0 Å². The quantitative estimate of drug-likeness (QED) is 0.899. The van der Waals surface area contributed by atoms with Gasteiger partial charge in [0.15, 0.2) is 0 Å². The van der Waals surface area contributed by atoms with Gasteiger partial charge in [0.05, 0.1) is 11.3 Å². The van der Waals surface area contributed by atoms with Crippen LogP contribution in [0.15, 0.2) is 48.5 Å².